The second-order valence-electron chi connectivity index (χ2n) is 6.33. The van der Waals surface area contributed by atoms with Gasteiger partial charge in [-0.05, 0) is 60.6 Å². The van der Waals surface area contributed by atoms with Gasteiger partial charge in [0.05, 0.1) is 0 Å². The quantitative estimate of drug-likeness (QED) is 0.838. The summed E-state index contributed by atoms with van der Waals surface area (Å²) in [6.45, 7) is 0. The molecule has 1 aromatic rings. The first-order valence-corrected chi connectivity index (χ1v) is 7.77. The summed E-state index contributed by atoms with van der Waals surface area (Å²) in [5.41, 5.74) is 1.98. The number of anilines is 1. The Bertz CT molecular complexity index is 496. The molecule has 0 aliphatic heterocycles. The average Bonchev–Trinajstić information content (AvgIpc) is 2.89. The standard InChI is InChI=1S/C16H18ClNO/c17-8-9-1-5-12(6-2-9)18-16(19)15-13-10-3-4-11(7-10)14(13)15/h1-2,5-6,10-11,13-15H,3-4,7-8H2,(H,18,19). The SMILES string of the molecule is O=C(Nc1ccc(CCl)cc1)C1C2C3CCC(C3)C12. The first-order chi connectivity index (χ1) is 9.28. The Kier molecular flexibility index (Phi) is 2.63. The highest BCUT2D eigenvalue weighted by Gasteiger charge is 2.67. The van der Waals surface area contributed by atoms with Crippen molar-refractivity contribution in [1.29, 1.82) is 0 Å². The van der Waals surface area contributed by atoms with Crippen molar-refractivity contribution in [2.24, 2.45) is 29.6 Å². The smallest absolute Gasteiger partial charge is 0.228 e. The van der Waals surface area contributed by atoms with E-state index >= 15 is 0 Å². The maximum Gasteiger partial charge on any atom is 0.228 e. The minimum absolute atomic E-state index is 0.241. The van der Waals surface area contributed by atoms with Crippen LogP contribution in [0.2, 0.25) is 0 Å². The van der Waals surface area contributed by atoms with Gasteiger partial charge in [-0.1, -0.05) is 12.1 Å². The molecular weight excluding hydrogens is 258 g/mol. The summed E-state index contributed by atoms with van der Waals surface area (Å²) < 4.78 is 0. The van der Waals surface area contributed by atoms with Gasteiger partial charge in [0.1, 0.15) is 0 Å². The summed E-state index contributed by atoms with van der Waals surface area (Å²) in [6.07, 6.45) is 4.11. The van der Waals surface area contributed by atoms with Gasteiger partial charge in [0, 0.05) is 17.5 Å². The second-order valence-corrected chi connectivity index (χ2v) is 6.60. The number of halogens is 1. The molecule has 2 bridgehead atoms. The summed E-state index contributed by atoms with van der Waals surface area (Å²) in [6, 6.07) is 7.84. The van der Waals surface area contributed by atoms with Crippen LogP contribution in [0.15, 0.2) is 24.3 Å². The number of nitrogens with one attached hydrogen (secondary N) is 1. The number of carbonyl (C=O) groups excluding carboxylic acids is 1. The van der Waals surface area contributed by atoms with Gasteiger partial charge in [0.25, 0.3) is 0 Å². The normalized spacial score (nSPS) is 38.1. The highest BCUT2D eigenvalue weighted by atomic mass is 35.5. The van der Waals surface area contributed by atoms with Crippen LogP contribution in [-0.4, -0.2) is 5.91 Å². The van der Waals surface area contributed by atoms with Crippen LogP contribution in [-0.2, 0) is 10.7 Å². The predicted octanol–water partition coefficient (Wildman–Crippen LogP) is 3.66. The van der Waals surface area contributed by atoms with E-state index in [1.165, 1.54) is 19.3 Å². The number of hydrogen-bond donors (Lipinski definition) is 1. The summed E-state index contributed by atoms with van der Waals surface area (Å²) in [4.78, 5) is 12.3. The Morgan fingerprint density at radius 2 is 1.79 bits per heavy atom. The molecule has 3 aliphatic rings. The van der Waals surface area contributed by atoms with Crippen molar-refractivity contribution in [2.75, 3.05) is 5.32 Å². The van der Waals surface area contributed by atoms with Crippen molar-refractivity contribution in [3.63, 3.8) is 0 Å². The third-order valence-corrected chi connectivity index (χ3v) is 5.72. The van der Waals surface area contributed by atoms with E-state index in [-0.39, 0.29) is 5.91 Å². The first-order valence-electron chi connectivity index (χ1n) is 7.23. The zero-order chi connectivity index (χ0) is 13.0. The summed E-state index contributed by atoms with van der Waals surface area (Å²) >= 11 is 5.76. The molecule has 0 saturated heterocycles. The van der Waals surface area contributed by atoms with E-state index in [0.29, 0.717) is 23.6 Å². The third kappa shape index (κ3) is 1.80. The van der Waals surface area contributed by atoms with Crippen LogP contribution < -0.4 is 5.32 Å². The summed E-state index contributed by atoms with van der Waals surface area (Å²) in [7, 11) is 0. The lowest BCUT2D eigenvalue weighted by molar-refractivity contribution is -0.118. The van der Waals surface area contributed by atoms with Gasteiger partial charge in [0.15, 0.2) is 0 Å². The fourth-order valence-corrected chi connectivity index (χ4v) is 4.76. The molecule has 4 unspecified atom stereocenters. The van der Waals surface area contributed by atoms with Crippen LogP contribution in [0.3, 0.4) is 0 Å². The van der Waals surface area contributed by atoms with Crippen LogP contribution in [0.4, 0.5) is 5.69 Å². The Hall–Kier alpha value is -1.02. The lowest BCUT2D eigenvalue weighted by Gasteiger charge is -2.10. The van der Waals surface area contributed by atoms with E-state index in [9.17, 15) is 4.79 Å². The van der Waals surface area contributed by atoms with Gasteiger partial charge in [-0.15, -0.1) is 11.6 Å². The maximum absolute atomic E-state index is 12.3. The maximum atomic E-state index is 12.3. The lowest BCUT2D eigenvalue weighted by Crippen LogP contribution is -2.18. The molecule has 0 spiro atoms. The monoisotopic (exact) mass is 275 g/mol. The van der Waals surface area contributed by atoms with Gasteiger partial charge in [-0.25, -0.2) is 0 Å². The molecule has 0 heterocycles. The Morgan fingerprint density at radius 1 is 1.16 bits per heavy atom. The van der Waals surface area contributed by atoms with Crippen LogP contribution in [0.5, 0.6) is 0 Å². The number of fused-ring (bicyclic) bond motifs is 5. The zero-order valence-electron chi connectivity index (χ0n) is 10.8. The van der Waals surface area contributed by atoms with Crippen molar-refractivity contribution in [1.82, 2.24) is 0 Å². The van der Waals surface area contributed by atoms with Crippen molar-refractivity contribution in [3.05, 3.63) is 29.8 Å². The average molecular weight is 276 g/mol. The second kappa shape index (κ2) is 4.24. The van der Waals surface area contributed by atoms with Gasteiger partial charge >= 0.3 is 0 Å². The number of amides is 1. The number of rotatable bonds is 3. The minimum Gasteiger partial charge on any atom is -0.326 e. The number of benzene rings is 1. The molecule has 19 heavy (non-hydrogen) atoms. The van der Waals surface area contributed by atoms with Crippen LogP contribution in [0.1, 0.15) is 24.8 Å². The molecule has 1 aromatic carbocycles. The molecular formula is C16H18ClNO. The van der Waals surface area contributed by atoms with Crippen LogP contribution >= 0.6 is 11.6 Å². The van der Waals surface area contributed by atoms with E-state index in [1.807, 2.05) is 24.3 Å². The summed E-state index contributed by atoms with van der Waals surface area (Å²) in [5.74, 6) is 4.18. The molecule has 1 amide bonds. The predicted molar refractivity (Wildman–Crippen MR) is 75.9 cm³/mol. The van der Waals surface area contributed by atoms with E-state index in [4.69, 9.17) is 11.6 Å². The molecule has 1 N–H and O–H groups in total. The molecule has 3 aliphatic carbocycles. The van der Waals surface area contributed by atoms with E-state index < -0.39 is 0 Å². The zero-order valence-corrected chi connectivity index (χ0v) is 11.6. The van der Waals surface area contributed by atoms with Crippen molar-refractivity contribution in [2.45, 2.75) is 25.1 Å². The molecule has 0 aromatic heterocycles. The first kappa shape index (κ1) is 11.8. The van der Waals surface area contributed by atoms with Crippen molar-refractivity contribution >= 4 is 23.2 Å². The van der Waals surface area contributed by atoms with E-state index in [2.05, 4.69) is 5.32 Å². The topological polar surface area (TPSA) is 29.1 Å². The van der Waals surface area contributed by atoms with Crippen LogP contribution in [0, 0.1) is 29.6 Å². The highest BCUT2D eigenvalue weighted by molar-refractivity contribution is 6.17. The molecule has 4 atom stereocenters. The largest absolute Gasteiger partial charge is 0.326 e. The Morgan fingerprint density at radius 3 is 2.37 bits per heavy atom. The van der Waals surface area contributed by atoms with E-state index in [0.717, 1.165) is 23.1 Å². The van der Waals surface area contributed by atoms with Crippen molar-refractivity contribution < 1.29 is 4.79 Å². The molecule has 4 rings (SSSR count). The van der Waals surface area contributed by atoms with Gasteiger partial charge in [0.2, 0.25) is 5.91 Å². The Balaban J connectivity index is 1.42. The highest BCUT2D eigenvalue weighted by Crippen LogP contribution is 2.69. The van der Waals surface area contributed by atoms with Gasteiger partial charge in [-0.3, -0.25) is 4.79 Å². The van der Waals surface area contributed by atoms with Gasteiger partial charge < -0.3 is 5.32 Å². The van der Waals surface area contributed by atoms with Gasteiger partial charge in [-0.2, -0.15) is 0 Å². The van der Waals surface area contributed by atoms with E-state index in [1.54, 1.807) is 0 Å². The summed E-state index contributed by atoms with van der Waals surface area (Å²) in [5, 5.41) is 3.07. The fraction of sp³-hybridized carbons (Fsp3) is 0.562. The lowest BCUT2D eigenvalue weighted by atomic mass is 10.0. The number of hydrogen-bond acceptors (Lipinski definition) is 1. The number of alkyl halides is 1. The fourth-order valence-electron chi connectivity index (χ4n) is 4.58. The molecule has 3 saturated carbocycles. The molecule has 100 valence electrons. The minimum atomic E-state index is 0.241. The molecule has 3 heteroatoms. The third-order valence-electron chi connectivity index (χ3n) is 5.41. The number of carbonyl (C=O) groups is 1. The van der Waals surface area contributed by atoms with Crippen molar-refractivity contribution in [3.8, 4) is 0 Å². The Labute approximate surface area is 118 Å². The van der Waals surface area contributed by atoms with Crippen LogP contribution in [0.25, 0.3) is 0 Å². The molecule has 2 nitrogen and oxygen atoms in total. The molecule has 3 fully saturated rings. The molecule has 0 radical (unpaired) electrons.